The minimum absolute atomic E-state index is 0.374. The second-order valence-electron chi connectivity index (χ2n) is 3.57. The first-order chi connectivity index (χ1) is 7.15. The predicted octanol–water partition coefficient (Wildman–Crippen LogP) is 3.72. The van der Waals surface area contributed by atoms with Gasteiger partial charge in [-0.25, -0.2) is 4.79 Å². The molecule has 82 valence electrons. The van der Waals surface area contributed by atoms with Crippen molar-refractivity contribution in [3.63, 3.8) is 0 Å². The van der Waals surface area contributed by atoms with Gasteiger partial charge in [0.2, 0.25) is 0 Å². The van der Waals surface area contributed by atoms with Gasteiger partial charge in [0.25, 0.3) is 0 Å². The fraction of sp³-hybridized carbons (Fsp3) is 0.417. The van der Waals surface area contributed by atoms with Crippen molar-refractivity contribution in [2.45, 2.75) is 32.6 Å². The maximum absolute atomic E-state index is 10.7. The summed E-state index contributed by atoms with van der Waals surface area (Å²) < 4.78 is 1.06. The summed E-state index contributed by atoms with van der Waals surface area (Å²) in [4.78, 5) is 10.7. The smallest absolute Gasteiger partial charge is 0.335 e. The Hall–Kier alpha value is -0.580. The zero-order chi connectivity index (χ0) is 11.3. The Labute approximate surface area is 104 Å². The fourth-order valence-electron chi connectivity index (χ4n) is 1.45. The summed E-state index contributed by atoms with van der Waals surface area (Å²) in [6.45, 7) is 2.18. The first kappa shape index (κ1) is 12.5. The molecule has 15 heavy (non-hydrogen) atoms. The Balaban J connectivity index is 2.70. The average molecular weight is 318 g/mol. The van der Waals surface area contributed by atoms with Crippen LogP contribution in [0.5, 0.6) is 0 Å². The Kier molecular flexibility index (Phi) is 5.08. The van der Waals surface area contributed by atoms with Crippen molar-refractivity contribution < 1.29 is 9.90 Å². The molecule has 1 aromatic rings. The van der Waals surface area contributed by atoms with E-state index < -0.39 is 5.97 Å². The van der Waals surface area contributed by atoms with Crippen molar-refractivity contribution in [2.24, 2.45) is 0 Å². The van der Waals surface area contributed by atoms with Crippen LogP contribution < -0.4 is 0 Å². The standard InChI is InChI=1S/C12H15IO2/c1-2-3-4-5-9-6-7-10(12(14)15)8-11(9)13/h6-8H,2-5H2,1H3,(H,14,15). The largest absolute Gasteiger partial charge is 0.478 e. The Bertz CT molecular complexity index is 347. The summed E-state index contributed by atoms with van der Waals surface area (Å²) in [5, 5.41) is 8.81. The number of aryl methyl sites for hydroxylation is 1. The Morgan fingerprint density at radius 2 is 2.13 bits per heavy atom. The van der Waals surface area contributed by atoms with Crippen LogP contribution in [-0.2, 0) is 6.42 Å². The number of unbranched alkanes of at least 4 members (excludes halogenated alkanes) is 2. The molecular weight excluding hydrogens is 303 g/mol. The molecule has 0 spiro atoms. The molecule has 3 heteroatoms. The highest BCUT2D eigenvalue weighted by molar-refractivity contribution is 14.1. The summed E-state index contributed by atoms with van der Waals surface area (Å²) in [6.07, 6.45) is 4.67. The molecule has 0 saturated carbocycles. The highest BCUT2D eigenvalue weighted by atomic mass is 127. The van der Waals surface area contributed by atoms with Crippen LogP contribution in [0.25, 0.3) is 0 Å². The van der Waals surface area contributed by atoms with E-state index in [0.717, 1.165) is 9.99 Å². The van der Waals surface area contributed by atoms with Gasteiger partial charge in [-0.3, -0.25) is 0 Å². The van der Waals surface area contributed by atoms with Gasteiger partial charge in [-0.05, 0) is 53.1 Å². The number of benzene rings is 1. The van der Waals surface area contributed by atoms with E-state index >= 15 is 0 Å². The summed E-state index contributed by atoms with van der Waals surface area (Å²) >= 11 is 2.21. The van der Waals surface area contributed by atoms with Crippen LogP contribution >= 0.6 is 22.6 Å². The SMILES string of the molecule is CCCCCc1ccc(C(=O)O)cc1I. The molecule has 0 aliphatic rings. The summed E-state index contributed by atoms with van der Waals surface area (Å²) in [5.41, 5.74) is 1.63. The number of carboxylic acid groups (broad SMARTS) is 1. The number of hydrogen-bond donors (Lipinski definition) is 1. The van der Waals surface area contributed by atoms with Crippen molar-refractivity contribution in [3.05, 3.63) is 32.9 Å². The molecule has 0 atom stereocenters. The summed E-state index contributed by atoms with van der Waals surface area (Å²) in [6, 6.07) is 5.36. The molecule has 0 aromatic heterocycles. The highest BCUT2D eigenvalue weighted by Crippen LogP contribution is 2.17. The molecule has 0 radical (unpaired) electrons. The molecule has 1 rings (SSSR count). The normalized spacial score (nSPS) is 10.3. The van der Waals surface area contributed by atoms with E-state index in [0.29, 0.717) is 5.56 Å². The van der Waals surface area contributed by atoms with Gasteiger partial charge in [-0.1, -0.05) is 25.8 Å². The van der Waals surface area contributed by atoms with Crippen molar-refractivity contribution >= 4 is 28.6 Å². The third kappa shape index (κ3) is 3.81. The van der Waals surface area contributed by atoms with Gasteiger partial charge in [0.1, 0.15) is 0 Å². The van der Waals surface area contributed by atoms with Crippen LogP contribution in [0.2, 0.25) is 0 Å². The number of rotatable bonds is 5. The third-order valence-corrected chi connectivity index (χ3v) is 3.35. The molecule has 0 bridgehead atoms. The molecule has 0 heterocycles. The number of carboxylic acids is 1. The monoisotopic (exact) mass is 318 g/mol. The first-order valence-electron chi connectivity index (χ1n) is 5.17. The van der Waals surface area contributed by atoms with Crippen molar-refractivity contribution in [3.8, 4) is 0 Å². The molecule has 0 unspecified atom stereocenters. The minimum Gasteiger partial charge on any atom is -0.478 e. The van der Waals surface area contributed by atoms with Crippen LogP contribution in [0.4, 0.5) is 0 Å². The lowest BCUT2D eigenvalue weighted by molar-refractivity contribution is 0.0697. The van der Waals surface area contributed by atoms with Crippen LogP contribution in [0.3, 0.4) is 0 Å². The molecular formula is C12H15IO2. The number of carbonyl (C=O) groups is 1. The van der Waals surface area contributed by atoms with Gasteiger partial charge < -0.3 is 5.11 Å². The second-order valence-corrected chi connectivity index (χ2v) is 4.73. The lowest BCUT2D eigenvalue weighted by Crippen LogP contribution is -1.98. The zero-order valence-electron chi connectivity index (χ0n) is 8.79. The van der Waals surface area contributed by atoms with Crippen LogP contribution in [0.15, 0.2) is 18.2 Å². The molecule has 1 aromatic carbocycles. The van der Waals surface area contributed by atoms with Gasteiger partial charge in [0, 0.05) is 3.57 Å². The van der Waals surface area contributed by atoms with E-state index in [1.165, 1.54) is 24.8 Å². The summed E-state index contributed by atoms with van der Waals surface area (Å²) in [5.74, 6) is -0.854. The summed E-state index contributed by atoms with van der Waals surface area (Å²) in [7, 11) is 0. The van der Waals surface area contributed by atoms with Crippen LogP contribution in [-0.4, -0.2) is 11.1 Å². The topological polar surface area (TPSA) is 37.3 Å². The maximum Gasteiger partial charge on any atom is 0.335 e. The number of aromatic carboxylic acids is 1. The number of halogens is 1. The van der Waals surface area contributed by atoms with Crippen LogP contribution in [0, 0.1) is 3.57 Å². The maximum atomic E-state index is 10.7. The van der Waals surface area contributed by atoms with Gasteiger partial charge in [0.05, 0.1) is 5.56 Å². The van der Waals surface area contributed by atoms with Gasteiger partial charge in [0.15, 0.2) is 0 Å². The zero-order valence-corrected chi connectivity index (χ0v) is 11.0. The van der Waals surface area contributed by atoms with E-state index in [9.17, 15) is 4.79 Å². The molecule has 0 amide bonds. The third-order valence-electron chi connectivity index (χ3n) is 2.35. The fourth-order valence-corrected chi connectivity index (χ4v) is 2.23. The Morgan fingerprint density at radius 3 is 2.67 bits per heavy atom. The Morgan fingerprint density at radius 1 is 1.40 bits per heavy atom. The molecule has 0 fully saturated rings. The van der Waals surface area contributed by atoms with E-state index in [4.69, 9.17) is 5.11 Å². The minimum atomic E-state index is -0.854. The molecule has 0 aliphatic carbocycles. The van der Waals surface area contributed by atoms with E-state index in [-0.39, 0.29) is 0 Å². The highest BCUT2D eigenvalue weighted by Gasteiger charge is 2.06. The lowest BCUT2D eigenvalue weighted by atomic mass is 10.1. The van der Waals surface area contributed by atoms with Gasteiger partial charge in [-0.2, -0.15) is 0 Å². The number of hydrogen-bond acceptors (Lipinski definition) is 1. The quantitative estimate of drug-likeness (QED) is 0.663. The van der Waals surface area contributed by atoms with E-state index in [1.807, 2.05) is 6.07 Å². The van der Waals surface area contributed by atoms with Gasteiger partial charge in [-0.15, -0.1) is 0 Å². The van der Waals surface area contributed by atoms with Crippen molar-refractivity contribution in [2.75, 3.05) is 0 Å². The van der Waals surface area contributed by atoms with Crippen molar-refractivity contribution in [1.29, 1.82) is 0 Å². The first-order valence-corrected chi connectivity index (χ1v) is 6.24. The molecule has 0 saturated heterocycles. The molecule has 2 nitrogen and oxygen atoms in total. The van der Waals surface area contributed by atoms with Crippen LogP contribution in [0.1, 0.15) is 42.1 Å². The lowest BCUT2D eigenvalue weighted by Gasteiger charge is -2.05. The predicted molar refractivity (Wildman–Crippen MR) is 69.3 cm³/mol. The average Bonchev–Trinajstić information content (AvgIpc) is 2.20. The van der Waals surface area contributed by atoms with Crippen molar-refractivity contribution in [1.82, 2.24) is 0 Å². The molecule has 0 aliphatic heterocycles. The van der Waals surface area contributed by atoms with E-state index in [1.54, 1.807) is 12.1 Å². The van der Waals surface area contributed by atoms with Gasteiger partial charge >= 0.3 is 5.97 Å². The molecule has 1 N–H and O–H groups in total. The second kappa shape index (κ2) is 6.10. The van der Waals surface area contributed by atoms with E-state index in [2.05, 4.69) is 29.5 Å².